The number of aromatic nitrogens is 2. The molecule has 1 saturated heterocycles. The summed E-state index contributed by atoms with van der Waals surface area (Å²) in [5, 5.41) is 6.94. The van der Waals surface area contributed by atoms with Crippen LogP contribution in [0, 0.1) is 0 Å². The van der Waals surface area contributed by atoms with Gasteiger partial charge in [-0.15, -0.1) is 0 Å². The molecule has 1 atom stereocenters. The maximum absolute atomic E-state index is 12.3. The van der Waals surface area contributed by atoms with E-state index < -0.39 is 5.60 Å². The predicted octanol–water partition coefficient (Wildman–Crippen LogP) is 1.99. The normalized spacial score (nSPS) is 19.2. The molecule has 0 bridgehead atoms. The van der Waals surface area contributed by atoms with Gasteiger partial charge < -0.3 is 19.5 Å². The van der Waals surface area contributed by atoms with Crippen molar-refractivity contribution in [2.75, 3.05) is 19.6 Å². The largest absolute Gasteiger partial charge is 0.444 e. The number of amides is 1. The lowest BCUT2D eigenvalue weighted by molar-refractivity contribution is 0.00997. The van der Waals surface area contributed by atoms with Gasteiger partial charge in [0.2, 0.25) is 5.89 Å². The summed E-state index contributed by atoms with van der Waals surface area (Å²) in [6.45, 7) is 7.96. The Bertz CT molecular complexity index is 456. The van der Waals surface area contributed by atoms with E-state index in [0.717, 1.165) is 38.9 Å². The van der Waals surface area contributed by atoms with E-state index in [1.165, 1.54) is 6.33 Å². The van der Waals surface area contributed by atoms with Crippen LogP contribution in [-0.2, 0) is 11.2 Å². The SMILES string of the molecule is CC(C)(C)OC(=O)N1CCCCC1CNCCc1ncno1. The second-order valence-corrected chi connectivity index (χ2v) is 6.61. The molecule has 1 aromatic rings. The van der Waals surface area contributed by atoms with E-state index in [0.29, 0.717) is 12.3 Å². The summed E-state index contributed by atoms with van der Waals surface area (Å²) in [6.07, 6.45) is 5.08. The molecule has 2 heterocycles. The van der Waals surface area contributed by atoms with Crippen LogP contribution in [0.4, 0.5) is 4.79 Å². The summed E-state index contributed by atoms with van der Waals surface area (Å²) in [5.41, 5.74) is -0.454. The van der Waals surface area contributed by atoms with Crippen LogP contribution in [0.5, 0.6) is 0 Å². The quantitative estimate of drug-likeness (QED) is 0.838. The minimum absolute atomic E-state index is 0.186. The van der Waals surface area contributed by atoms with Crippen molar-refractivity contribution in [2.24, 2.45) is 0 Å². The van der Waals surface area contributed by atoms with Gasteiger partial charge in [0.1, 0.15) is 5.60 Å². The Morgan fingerprint density at radius 1 is 1.50 bits per heavy atom. The molecule has 2 rings (SSSR count). The second kappa shape index (κ2) is 7.58. The van der Waals surface area contributed by atoms with Crippen LogP contribution in [0.15, 0.2) is 10.9 Å². The third-order valence-corrected chi connectivity index (χ3v) is 3.56. The summed E-state index contributed by atoms with van der Waals surface area (Å²) in [5.74, 6) is 0.625. The van der Waals surface area contributed by atoms with Crippen molar-refractivity contribution in [2.45, 2.75) is 58.1 Å². The molecule has 0 spiro atoms. The molecule has 0 aliphatic carbocycles. The Morgan fingerprint density at radius 2 is 2.32 bits per heavy atom. The molecule has 1 aliphatic heterocycles. The van der Waals surface area contributed by atoms with E-state index in [4.69, 9.17) is 9.26 Å². The van der Waals surface area contributed by atoms with Crippen molar-refractivity contribution in [3.63, 3.8) is 0 Å². The Balaban J connectivity index is 1.77. The topological polar surface area (TPSA) is 80.5 Å². The number of ether oxygens (including phenoxy) is 1. The number of carbonyl (C=O) groups is 1. The monoisotopic (exact) mass is 310 g/mol. The fourth-order valence-electron chi connectivity index (χ4n) is 2.54. The average Bonchev–Trinajstić information content (AvgIpc) is 2.95. The van der Waals surface area contributed by atoms with Crippen molar-refractivity contribution >= 4 is 6.09 Å². The maximum atomic E-state index is 12.3. The smallest absolute Gasteiger partial charge is 0.410 e. The zero-order valence-electron chi connectivity index (χ0n) is 13.7. The molecule has 0 radical (unpaired) electrons. The van der Waals surface area contributed by atoms with Crippen LogP contribution < -0.4 is 5.32 Å². The fourth-order valence-corrected chi connectivity index (χ4v) is 2.54. The minimum atomic E-state index is -0.454. The van der Waals surface area contributed by atoms with Crippen LogP contribution >= 0.6 is 0 Å². The number of nitrogens with one attached hydrogen (secondary N) is 1. The highest BCUT2D eigenvalue weighted by atomic mass is 16.6. The molecule has 22 heavy (non-hydrogen) atoms. The van der Waals surface area contributed by atoms with Gasteiger partial charge in [-0.05, 0) is 40.0 Å². The number of likely N-dealkylation sites (tertiary alicyclic amines) is 1. The van der Waals surface area contributed by atoms with Gasteiger partial charge in [0.05, 0.1) is 0 Å². The predicted molar refractivity (Wildman–Crippen MR) is 81.5 cm³/mol. The molecule has 124 valence electrons. The Hall–Kier alpha value is -1.63. The third kappa shape index (κ3) is 5.29. The first kappa shape index (κ1) is 16.7. The van der Waals surface area contributed by atoms with Gasteiger partial charge in [0, 0.05) is 32.1 Å². The molecular formula is C15H26N4O3. The number of rotatable bonds is 5. The van der Waals surface area contributed by atoms with Crippen LogP contribution in [0.25, 0.3) is 0 Å². The number of carbonyl (C=O) groups excluding carboxylic acids is 1. The van der Waals surface area contributed by atoms with Crippen molar-refractivity contribution in [3.05, 3.63) is 12.2 Å². The van der Waals surface area contributed by atoms with Crippen LogP contribution in [0.1, 0.15) is 45.9 Å². The summed E-state index contributed by atoms with van der Waals surface area (Å²) in [7, 11) is 0. The van der Waals surface area contributed by atoms with Crippen molar-refractivity contribution in [1.29, 1.82) is 0 Å². The van der Waals surface area contributed by atoms with Crippen LogP contribution in [0.3, 0.4) is 0 Å². The van der Waals surface area contributed by atoms with Crippen molar-refractivity contribution < 1.29 is 14.1 Å². The average molecular weight is 310 g/mol. The zero-order valence-corrected chi connectivity index (χ0v) is 13.7. The van der Waals surface area contributed by atoms with Gasteiger partial charge >= 0.3 is 6.09 Å². The van der Waals surface area contributed by atoms with Gasteiger partial charge in [-0.3, -0.25) is 0 Å². The molecule has 1 N–H and O–H groups in total. The molecule has 7 heteroatoms. The fraction of sp³-hybridized carbons (Fsp3) is 0.800. The Morgan fingerprint density at radius 3 is 3.00 bits per heavy atom. The van der Waals surface area contributed by atoms with Gasteiger partial charge in [-0.1, -0.05) is 5.16 Å². The first-order valence-corrected chi connectivity index (χ1v) is 7.91. The molecule has 1 amide bonds. The summed E-state index contributed by atoms with van der Waals surface area (Å²) in [4.78, 5) is 18.1. The zero-order chi connectivity index (χ0) is 16.0. The lowest BCUT2D eigenvalue weighted by Gasteiger charge is -2.36. The van der Waals surface area contributed by atoms with E-state index in [2.05, 4.69) is 15.5 Å². The molecule has 0 saturated carbocycles. The van der Waals surface area contributed by atoms with E-state index in [9.17, 15) is 4.79 Å². The third-order valence-electron chi connectivity index (χ3n) is 3.56. The second-order valence-electron chi connectivity index (χ2n) is 6.61. The van der Waals surface area contributed by atoms with E-state index in [1.807, 2.05) is 25.7 Å². The van der Waals surface area contributed by atoms with Crippen LogP contribution in [0.2, 0.25) is 0 Å². The summed E-state index contributed by atoms with van der Waals surface area (Å²) >= 11 is 0. The minimum Gasteiger partial charge on any atom is -0.444 e. The molecule has 1 unspecified atom stereocenters. The highest BCUT2D eigenvalue weighted by molar-refractivity contribution is 5.68. The Labute approximate surface area is 131 Å². The highest BCUT2D eigenvalue weighted by Gasteiger charge is 2.30. The standard InChI is InChI=1S/C15H26N4O3/c1-15(2,3)21-14(20)19-9-5-4-6-12(19)10-16-8-7-13-17-11-18-22-13/h11-12,16H,4-10H2,1-3H3. The molecule has 1 aromatic heterocycles. The first-order valence-electron chi connectivity index (χ1n) is 7.91. The summed E-state index contributed by atoms with van der Waals surface area (Å²) < 4.78 is 10.5. The highest BCUT2D eigenvalue weighted by Crippen LogP contribution is 2.20. The van der Waals surface area contributed by atoms with Gasteiger partial charge in [-0.25, -0.2) is 4.79 Å². The van der Waals surface area contributed by atoms with E-state index in [-0.39, 0.29) is 12.1 Å². The number of hydrogen-bond acceptors (Lipinski definition) is 6. The molecule has 7 nitrogen and oxygen atoms in total. The number of nitrogens with zero attached hydrogens (tertiary/aromatic N) is 3. The lowest BCUT2D eigenvalue weighted by Crippen LogP contribution is -2.50. The molecular weight excluding hydrogens is 284 g/mol. The van der Waals surface area contributed by atoms with E-state index in [1.54, 1.807) is 0 Å². The number of hydrogen-bond donors (Lipinski definition) is 1. The van der Waals surface area contributed by atoms with Gasteiger partial charge in [0.15, 0.2) is 6.33 Å². The first-order chi connectivity index (χ1) is 10.5. The summed E-state index contributed by atoms with van der Waals surface area (Å²) in [6, 6.07) is 0.186. The number of piperidine rings is 1. The van der Waals surface area contributed by atoms with Crippen molar-refractivity contribution in [3.8, 4) is 0 Å². The molecule has 0 aromatic carbocycles. The van der Waals surface area contributed by atoms with Gasteiger partial charge in [-0.2, -0.15) is 4.98 Å². The van der Waals surface area contributed by atoms with E-state index >= 15 is 0 Å². The van der Waals surface area contributed by atoms with Crippen molar-refractivity contribution in [1.82, 2.24) is 20.4 Å². The van der Waals surface area contributed by atoms with Gasteiger partial charge in [0.25, 0.3) is 0 Å². The molecule has 1 fully saturated rings. The maximum Gasteiger partial charge on any atom is 0.410 e. The lowest BCUT2D eigenvalue weighted by atomic mass is 10.0. The molecule has 1 aliphatic rings. The van der Waals surface area contributed by atoms with Crippen LogP contribution in [-0.4, -0.2) is 52.4 Å². The Kier molecular flexibility index (Phi) is 5.76.